The number of aromatic nitrogens is 4. The minimum atomic E-state index is -4.50. The van der Waals surface area contributed by atoms with Crippen LogP contribution in [-0.4, -0.2) is 32.1 Å². The predicted octanol–water partition coefficient (Wildman–Crippen LogP) is 3.80. The zero-order valence-corrected chi connectivity index (χ0v) is 19.6. The highest BCUT2D eigenvalue weighted by Crippen LogP contribution is 2.30. The molecule has 186 valence electrons. The van der Waals surface area contributed by atoms with E-state index in [9.17, 15) is 22.8 Å². The van der Waals surface area contributed by atoms with E-state index in [1.807, 2.05) is 0 Å². The Morgan fingerprint density at radius 3 is 2.54 bits per heavy atom. The minimum Gasteiger partial charge on any atom is -0.484 e. The zero-order chi connectivity index (χ0) is 26.0. The normalized spacial score (nSPS) is 12.1. The van der Waals surface area contributed by atoms with Crippen molar-refractivity contribution < 1.29 is 22.7 Å². The molecule has 37 heavy (non-hydrogen) atoms. The quantitative estimate of drug-likeness (QED) is 0.364. The first-order valence-corrected chi connectivity index (χ1v) is 11.6. The highest BCUT2D eigenvalue weighted by atomic mass is 32.1. The number of pyridine rings is 1. The first kappa shape index (κ1) is 24.1. The number of fused-ring (bicyclic) bond motifs is 1. The maximum absolute atomic E-state index is 12.8. The van der Waals surface area contributed by atoms with Gasteiger partial charge in [0.05, 0.1) is 10.1 Å². The minimum absolute atomic E-state index is 0.0199. The smallest absolute Gasteiger partial charge is 0.416 e. The van der Waals surface area contributed by atoms with E-state index < -0.39 is 24.3 Å². The number of ether oxygens (including phenoxy) is 1. The molecule has 0 saturated carbocycles. The lowest BCUT2D eigenvalue weighted by molar-refractivity contribution is -0.137. The summed E-state index contributed by atoms with van der Waals surface area (Å²) in [6, 6.07) is 14.5. The number of nitrogens with one attached hydrogen (secondary N) is 1. The number of hydrogen-bond acceptors (Lipinski definition) is 7. The van der Waals surface area contributed by atoms with Crippen molar-refractivity contribution >= 4 is 34.0 Å². The van der Waals surface area contributed by atoms with E-state index in [1.165, 1.54) is 28.0 Å². The number of hydrogen-bond donors (Lipinski definition) is 1. The van der Waals surface area contributed by atoms with E-state index in [1.54, 1.807) is 54.9 Å². The van der Waals surface area contributed by atoms with Crippen molar-refractivity contribution in [3.63, 3.8) is 0 Å². The molecular formula is C25H16F3N5O3S. The summed E-state index contributed by atoms with van der Waals surface area (Å²) < 4.78 is 45.6. The summed E-state index contributed by atoms with van der Waals surface area (Å²) >= 11 is 1.21. The molecule has 1 amide bonds. The van der Waals surface area contributed by atoms with Gasteiger partial charge < -0.3 is 10.1 Å². The van der Waals surface area contributed by atoms with Crippen LogP contribution in [0.1, 0.15) is 11.1 Å². The first-order valence-electron chi connectivity index (χ1n) is 10.8. The Kier molecular flexibility index (Phi) is 6.40. The lowest BCUT2D eigenvalue weighted by Gasteiger charge is -2.10. The van der Waals surface area contributed by atoms with Crippen LogP contribution in [-0.2, 0) is 11.0 Å². The van der Waals surface area contributed by atoms with Crippen molar-refractivity contribution in [2.24, 2.45) is 0 Å². The molecule has 1 N–H and O–H groups in total. The van der Waals surface area contributed by atoms with E-state index >= 15 is 0 Å². The lowest BCUT2D eigenvalue weighted by Crippen LogP contribution is -2.23. The predicted molar refractivity (Wildman–Crippen MR) is 131 cm³/mol. The summed E-state index contributed by atoms with van der Waals surface area (Å²) in [7, 11) is 0. The number of rotatable bonds is 6. The zero-order valence-electron chi connectivity index (χ0n) is 18.8. The second-order valence-corrected chi connectivity index (χ2v) is 8.78. The van der Waals surface area contributed by atoms with Crippen LogP contribution in [0.2, 0.25) is 0 Å². The third-order valence-electron chi connectivity index (χ3n) is 5.14. The fourth-order valence-electron chi connectivity index (χ4n) is 3.39. The van der Waals surface area contributed by atoms with Crippen LogP contribution >= 0.6 is 11.3 Å². The standard InChI is InChI=1S/C25H16F3N5O3S/c26-25(27,28)17-2-1-3-18(13-17)30-21(34)14-36-19-6-4-15(5-7-19)12-20-23(35)33-24(37-20)31-22(32-33)16-8-10-29-11-9-16/h1-13H,14H2,(H,30,34)/b20-12-. The second kappa shape index (κ2) is 9.82. The van der Waals surface area contributed by atoms with E-state index in [2.05, 4.69) is 20.4 Å². The third kappa shape index (κ3) is 5.48. The van der Waals surface area contributed by atoms with Gasteiger partial charge in [-0.3, -0.25) is 14.6 Å². The van der Waals surface area contributed by atoms with Crippen molar-refractivity contribution in [2.45, 2.75) is 6.18 Å². The Hall–Kier alpha value is -4.58. The fraction of sp³-hybridized carbons (Fsp3) is 0.0800. The van der Waals surface area contributed by atoms with Gasteiger partial charge in [-0.1, -0.05) is 29.5 Å². The number of anilines is 1. The van der Waals surface area contributed by atoms with Gasteiger partial charge in [0.1, 0.15) is 5.75 Å². The Labute approximate surface area is 210 Å². The SMILES string of the molecule is O=C(COc1ccc(/C=c2\sc3nc(-c4ccncc4)nn3c2=O)cc1)Nc1cccc(C(F)(F)F)c1. The van der Waals surface area contributed by atoms with Crippen molar-refractivity contribution in [2.75, 3.05) is 11.9 Å². The molecule has 0 fully saturated rings. The van der Waals surface area contributed by atoms with Crippen molar-refractivity contribution in [3.05, 3.63) is 99.1 Å². The molecule has 0 spiro atoms. The molecule has 0 bridgehead atoms. The van der Waals surface area contributed by atoms with Crippen molar-refractivity contribution in [3.8, 4) is 17.1 Å². The number of thiazole rings is 1. The molecule has 0 atom stereocenters. The van der Waals surface area contributed by atoms with Crippen LogP contribution < -0.4 is 20.1 Å². The topological polar surface area (TPSA) is 98.5 Å². The number of carbonyl (C=O) groups excluding carboxylic acids is 1. The summed E-state index contributed by atoms with van der Waals surface area (Å²) in [6.07, 6.45) is 0.436. The largest absolute Gasteiger partial charge is 0.484 e. The van der Waals surface area contributed by atoms with Gasteiger partial charge in [0.25, 0.3) is 11.5 Å². The average Bonchev–Trinajstić information content (AvgIpc) is 3.43. The summed E-state index contributed by atoms with van der Waals surface area (Å²) in [5, 5.41) is 6.67. The summed E-state index contributed by atoms with van der Waals surface area (Å²) in [5.74, 6) is 0.214. The van der Waals surface area contributed by atoms with Gasteiger partial charge in [-0.2, -0.15) is 22.7 Å². The van der Waals surface area contributed by atoms with Crippen LogP contribution in [0.4, 0.5) is 18.9 Å². The summed E-state index contributed by atoms with van der Waals surface area (Å²) in [6.45, 7) is -0.391. The number of halogens is 3. The van der Waals surface area contributed by atoms with Gasteiger partial charge in [0, 0.05) is 23.6 Å². The molecule has 0 aliphatic heterocycles. The first-order chi connectivity index (χ1) is 17.8. The van der Waals surface area contributed by atoms with E-state index in [0.717, 1.165) is 23.3 Å². The Balaban J connectivity index is 1.23. The third-order valence-corrected chi connectivity index (χ3v) is 6.10. The Morgan fingerprint density at radius 1 is 1.08 bits per heavy atom. The van der Waals surface area contributed by atoms with Crippen LogP contribution in [0, 0.1) is 0 Å². The van der Waals surface area contributed by atoms with Gasteiger partial charge >= 0.3 is 6.18 Å². The number of benzene rings is 2. The highest BCUT2D eigenvalue weighted by molar-refractivity contribution is 7.15. The van der Waals surface area contributed by atoms with Crippen LogP contribution in [0.25, 0.3) is 22.4 Å². The molecule has 5 aromatic rings. The van der Waals surface area contributed by atoms with Crippen molar-refractivity contribution in [1.82, 2.24) is 19.6 Å². The van der Waals surface area contributed by atoms with Gasteiger partial charge in [0.15, 0.2) is 12.4 Å². The van der Waals surface area contributed by atoms with Crippen LogP contribution in [0.15, 0.2) is 77.9 Å². The van der Waals surface area contributed by atoms with E-state index in [4.69, 9.17) is 4.74 Å². The highest BCUT2D eigenvalue weighted by Gasteiger charge is 2.30. The van der Waals surface area contributed by atoms with Gasteiger partial charge in [-0.05, 0) is 54.1 Å². The molecule has 0 aliphatic carbocycles. The average molecular weight is 523 g/mol. The molecule has 8 nitrogen and oxygen atoms in total. The van der Waals surface area contributed by atoms with Crippen LogP contribution in [0.5, 0.6) is 5.75 Å². The molecule has 12 heteroatoms. The van der Waals surface area contributed by atoms with E-state index in [-0.39, 0.29) is 11.2 Å². The molecule has 0 aliphatic rings. The molecule has 0 radical (unpaired) electrons. The molecule has 3 heterocycles. The molecule has 0 unspecified atom stereocenters. The number of alkyl halides is 3. The molecule has 3 aromatic heterocycles. The number of amides is 1. The molecule has 2 aromatic carbocycles. The van der Waals surface area contributed by atoms with Gasteiger partial charge in [-0.15, -0.1) is 5.10 Å². The van der Waals surface area contributed by atoms with Gasteiger partial charge in [0.2, 0.25) is 4.96 Å². The van der Waals surface area contributed by atoms with Crippen molar-refractivity contribution in [1.29, 1.82) is 0 Å². The summed E-state index contributed by atoms with van der Waals surface area (Å²) in [4.78, 5) is 33.7. The fourth-order valence-corrected chi connectivity index (χ4v) is 4.30. The lowest BCUT2D eigenvalue weighted by atomic mass is 10.2. The molecule has 0 saturated heterocycles. The van der Waals surface area contributed by atoms with E-state index in [0.29, 0.717) is 21.1 Å². The Bertz CT molecular complexity index is 1680. The van der Waals surface area contributed by atoms with Crippen LogP contribution in [0.3, 0.4) is 0 Å². The van der Waals surface area contributed by atoms with Gasteiger partial charge in [-0.25, -0.2) is 0 Å². The number of nitrogens with zero attached hydrogens (tertiary/aromatic N) is 4. The molecule has 5 rings (SSSR count). The maximum atomic E-state index is 12.8. The summed E-state index contributed by atoms with van der Waals surface area (Å²) in [5.41, 5.74) is 0.348. The second-order valence-electron chi connectivity index (χ2n) is 7.77. The molecular weight excluding hydrogens is 507 g/mol. The maximum Gasteiger partial charge on any atom is 0.416 e. The monoisotopic (exact) mass is 523 g/mol. The number of carbonyl (C=O) groups is 1. The Morgan fingerprint density at radius 2 is 1.84 bits per heavy atom.